The molecule has 2 heterocycles. The van der Waals surface area contributed by atoms with Crippen molar-refractivity contribution in [1.29, 1.82) is 0 Å². The topological polar surface area (TPSA) is 35.6 Å². The molecule has 4 nitrogen and oxygen atoms in total. The van der Waals surface area contributed by atoms with E-state index in [-0.39, 0.29) is 11.4 Å². The summed E-state index contributed by atoms with van der Waals surface area (Å²) in [4.78, 5) is 17.8. The molecule has 0 bridgehead atoms. The van der Waals surface area contributed by atoms with Gasteiger partial charge in [-0.3, -0.25) is 14.6 Å². The number of carbonyl (C=O) groups is 1. The molecule has 1 spiro atoms. The van der Waals surface area contributed by atoms with Crippen LogP contribution in [0.2, 0.25) is 0 Å². The highest BCUT2D eigenvalue weighted by atomic mass is 16.2. The molecule has 0 radical (unpaired) electrons. The van der Waals surface area contributed by atoms with Crippen molar-refractivity contribution >= 4 is 5.91 Å². The summed E-state index contributed by atoms with van der Waals surface area (Å²) in [5.41, 5.74) is 4.06. The van der Waals surface area contributed by atoms with Crippen molar-refractivity contribution in [3.05, 3.63) is 34.9 Å². The molecule has 1 saturated carbocycles. The first kappa shape index (κ1) is 19.9. The quantitative estimate of drug-likeness (QED) is 0.855. The first-order valence-corrected chi connectivity index (χ1v) is 11.4. The third-order valence-corrected chi connectivity index (χ3v) is 7.45. The molecule has 1 amide bonds. The largest absolute Gasteiger partial charge is 0.342 e. The Kier molecular flexibility index (Phi) is 5.80. The van der Waals surface area contributed by atoms with Crippen LogP contribution in [0.4, 0.5) is 0 Å². The molecule has 1 aromatic carbocycles. The molecule has 1 aromatic rings. The minimum absolute atomic E-state index is 0.239. The zero-order valence-electron chi connectivity index (χ0n) is 18.0. The SMILES string of the molecule is CCCN1CNC(=O)C12CCN(C1CCCCC1c1cc(C)cc(C)c1)CC2. The van der Waals surface area contributed by atoms with Crippen molar-refractivity contribution in [1.82, 2.24) is 15.1 Å². The maximum atomic E-state index is 12.7. The number of nitrogens with one attached hydrogen (secondary N) is 1. The van der Waals surface area contributed by atoms with Gasteiger partial charge in [-0.1, -0.05) is 49.1 Å². The molecular formula is C24H37N3O. The van der Waals surface area contributed by atoms with Crippen molar-refractivity contribution in [3.63, 3.8) is 0 Å². The van der Waals surface area contributed by atoms with Crippen molar-refractivity contribution in [2.75, 3.05) is 26.3 Å². The summed E-state index contributed by atoms with van der Waals surface area (Å²) in [7, 11) is 0. The highest BCUT2D eigenvalue weighted by Gasteiger charge is 2.50. The van der Waals surface area contributed by atoms with Crippen molar-refractivity contribution in [3.8, 4) is 0 Å². The number of piperidine rings is 1. The van der Waals surface area contributed by atoms with Gasteiger partial charge in [0, 0.05) is 25.7 Å². The number of rotatable bonds is 4. The molecule has 3 aliphatic rings. The number of amides is 1. The number of carbonyl (C=O) groups excluding carboxylic acids is 1. The van der Waals surface area contributed by atoms with Crippen LogP contribution in [0.1, 0.15) is 74.5 Å². The van der Waals surface area contributed by atoms with E-state index in [1.807, 2.05) is 0 Å². The molecule has 4 heteroatoms. The van der Waals surface area contributed by atoms with E-state index in [0.717, 1.165) is 45.6 Å². The summed E-state index contributed by atoms with van der Waals surface area (Å²) < 4.78 is 0. The summed E-state index contributed by atoms with van der Waals surface area (Å²) >= 11 is 0. The van der Waals surface area contributed by atoms with Gasteiger partial charge in [0.25, 0.3) is 0 Å². The van der Waals surface area contributed by atoms with Crippen LogP contribution in [0.3, 0.4) is 0 Å². The van der Waals surface area contributed by atoms with Gasteiger partial charge in [-0.15, -0.1) is 0 Å². The number of benzene rings is 1. The van der Waals surface area contributed by atoms with Crippen LogP contribution in [0.5, 0.6) is 0 Å². The van der Waals surface area contributed by atoms with E-state index < -0.39 is 0 Å². The van der Waals surface area contributed by atoms with Crippen LogP contribution >= 0.6 is 0 Å². The summed E-state index contributed by atoms with van der Waals surface area (Å²) in [6.07, 6.45) is 8.36. The zero-order chi connectivity index (χ0) is 19.7. The van der Waals surface area contributed by atoms with E-state index in [9.17, 15) is 4.79 Å². The van der Waals surface area contributed by atoms with E-state index in [4.69, 9.17) is 0 Å². The Labute approximate surface area is 170 Å². The lowest BCUT2D eigenvalue weighted by Gasteiger charge is -2.47. The lowest BCUT2D eigenvalue weighted by Crippen LogP contribution is -2.58. The fourth-order valence-electron chi connectivity index (χ4n) is 6.12. The van der Waals surface area contributed by atoms with Crippen LogP contribution < -0.4 is 5.32 Å². The number of hydrogen-bond donors (Lipinski definition) is 1. The number of likely N-dealkylation sites (tertiary alicyclic amines) is 1. The molecule has 3 fully saturated rings. The number of nitrogens with zero attached hydrogens (tertiary/aromatic N) is 2. The zero-order valence-corrected chi connectivity index (χ0v) is 18.0. The number of hydrogen-bond acceptors (Lipinski definition) is 3. The lowest BCUT2D eigenvalue weighted by molar-refractivity contribution is -0.129. The molecule has 2 aliphatic heterocycles. The van der Waals surface area contributed by atoms with Crippen molar-refractivity contribution < 1.29 is 4.79 Å². The summed E-state index contributed by atoms with van der Waals surface area (Å²) in [5, 5.41) is 3.12. The van der Waals surface area contributed by atoms with Crippen LogP contribution in [-0.4, -0.2) is 53.6 Å². The fraction of sp³-hybridized carbons (Fsp3) is 0.708. The van der Waals surface area contributed by atoms with Gasteiger partial charge >= 0.3 is 0 Å². The number of aryl methyl sites for hydroxylation is 2. The minimum atomic E-state index is -0.239. The second-order valence-corrected chi connectivity index (χ2v) is 9.37. The van der Waals surface area contributed by atoms with Gasteiger partial charge in [0.05, 0.1) is 6.67 Å². The first-order chi connectivity index (χ1) is 13.5. The van der Waals surface area contributed by atoms with Gasteiger partial charge < -0.3 is 5.32 Å². The molecule has 0 aromatic heterocycles. The molecule has 4 rings (SSSR count). The molecule has 28 heavy (non-hydrogen) atoms. The van der Waals surface area contributed by atoms with Gasteiger partial charge in [-0.05, 0) is 57.4 Å². The van der Waals surface area contributed by atoms with E-state index >= 15 is 0 Å². The normalized spacial score (nSPS) is 28.6. The standard InChI is InChI=1S/C24H37N3O/c1-4-11-27-17-25-23(28)24(27)9-12-26(13-10-24)22-8-6-5-7-21(22)20-15-18(2)14-19(3)16-20/h14-16,21-22H,4-13,17H2,1-3H3,(H,25,28). The molecule has 154 valence electrons. The van der Waals surface area contributed by atoms with E-state index in [1.165, 1.54) is 42.4 Å². The summed E-state index contributed by atoms with van der Waals surface area (Å²) in [5.74, 6) is 0.917. The van der Waals surface area contributed by atoms with Gasteiger partial charge in [0.1, 0.15) is 5.54 Å². The van der Waals surface area contributed by atoms with Crippen molar-refractivity contribution in [2.45, 2.75) is 83.2 Å². The lowest BCUT2D eigenvalue weighted by atomic mass is 9.76. The Balaban J connectivity index is 1.50. The third-order valence-electron chi connectivity index (χ3n) is 7.45. The smallest absolute Gasteiger partial charge is 0.241 e. The Morgan fingerprint density at radius 2 is 1.75 bits per heavy atom. The second kappa shape index (κ2) is 8.16. The third kappa shape index (κ3) is 3.61. The van der Waals surface area contributed by atoms with Crippen LogP contribution in [0.15, 0.2) is 18.2 Å². The fourth-order valence-corrected chi connectivity index (χ4v) is 6.12. The van der Waals surface area contributed by atoms with Crippen LogP contribution in [0.25, 0.3) is 0 Å². The van der Waals surface area contributed by atoms with Gasteiger partial charge in [-0.2, -0.15) is 0 Å². The average Bonchev–Trinajstić information content (AvgIpc) is 2.98. The average molecular weight is 384 g/mol. The molecule has 2 saturated heterocycles. The molecular weight excluding hydrogens is 346 g/mol. The van der Waals surface area contributed by atoms with E-state index in [2.05, 4.69) is 54.1 Å². The summed E-state index contributed by atoms with van der Waals surface area (Å²) in [6, 6.07) is 7.74. The van der Waals surface area contributed by atoms with Crippen molar-refractivity contribution in [2.24, 2.45) is 0 Å². The molecule has 1 aliphatic carbocycles. The monoisotopic (exact) mass is 383 g/mol. The molecule has 1 N–H and O–H groups in total. The van der Waals surface area contributed by atoms with E-state index in [1.54, 1.807) is 0 Å². The second-order valence-electron chi connectivity index (χ2n) is 9.37. The molecule has 2 unspecified atom stereocenters. The Bertz CT molecular complexity index is 688. The van der Waals surface area contributed by atoms with Crippen LogP contribution in [0, 0.1) is 13.8 Å². The Hall–Kier alpha value is -1.39. The maximum absolute atomic E-state index is 12.7. The van der Waals surface area contributed by atoms with Gasteiger partial charge in [0.15, 0.2) is 0 Å². The van der Waals surface area contributed by atoms with E-state index in [0.29, 0.717) is 12.0 Å². The maximum Gasteiger partial charge on any atom is 0.241 e. The Morgan fingerprint density at radius 1 is 1.07 bits per heavy atom. The highest BCUT2D eigenvalue weighted by molar-refractivity contribution is 5.88. The minimum Gasteiger partial charge on any atom is -0.342 e. The molecule has 2 atom stereocenters. The Morgan fingerprint density at radius 3 is 2.43 bits per heavy atom. The van der Waals surface area contributed by atoms with Gasteiger partial charge in [0.2, 0.25) is 5.91 Å². The predicted octanol–water partition coefficient (Wildman–Crippen LogP) is 3.96. The predicted molar refractivity (Wildman–Crippen MR) is 114 cm³/mol. The van der Waals surface area contributed by atoms with Crippen LogP contribution in [-0.2, 0) is 4.79 Å². The van der Waals surface area contributed by atoms with Gasteiger partial charge in [-0.25, -0.2) is 0 Å². The summed E-state index contributed by atoms with van der Waals surface area (Å²) in [6.45, 7) is 10.5. The highest BCUT2D eigenvalue weighted by Crippen LogP contribution is 2.40. The first-order valence-electron chi connectivity index (χ1n) is 11.4.